The molecule has 0 atom stereocenters. The molecule has 168 valence electrons. The predicted octanol–water partition coefficient (Wildman–Crippen LogP) is 5.12. The van der Waals surface area contributed by atoms with Crippen molar-refractivity contribution in [2.75, 3.05) is 19.6 Å². The van der Waals surface area contributed by atoms with E-state index in [-0.39, 0.29) is 17.3 Å². The number of furan rings is 1. The summed E-state index contributed by atoms with van der Waals surface area (Å²) >= 11 is 0. The number of sulfonamides is 1. The second-order valence-corrected chi connectivity index (χ2v) is 9.92. The van der Waals surface area contributed by atoms with Gasteiger partial charge in [0.05, 0.1) is 4.90 Å². The summed E-state index contributed by atoms with van der Waals surface area (Å²) in [6, 6.07) is 21.3. The molecule has 32 heavy (non-hydrogen) atoms. The van der Waals surface area contributed by atoms with Gasteiger partial charge in [0.15, 0.2) is 0 Å². The van der Waals surface area contributed by atoms with Crippen molar-refractivity contribution in [3.63, 3.8) is 0 Å². The number of halogens is 1. The highest BCUT2D eigenvalue weighted by Crippen LogP contribution is 2.30. The van der Waals surface area contributed by atoms with E-state index in [0.29, 0.717) is 12.1 Å². The molecule has 0 fully saturated rings. The fourth-order valence-corrected chi connectivity index (χ4v) is 5.47. The van der Waals surface area contributed by atoms with Crippen molar-refractivity contribution >= 4 is 44.4 Å². The second-order valence-electron chi connectivity index (χ2n) is 8.16. The van der Waals surface area contributed by atoms with E-state index in [2.05, 4.69) is 33.9 Å². The van der Waals surface area contributed by atoms with Gasteiger partial charge in [-0.3, -0.25) is 4.90 Å². The molecule has 0 unspecified atom stereocenters. The zero-order chi connectivity index (χ0) is 21.3. The van der Waals surface area contributed by atoms with Crippen LogP contribution in [0.5, 0.6) is 0 Å². The van der Waals surface area contributed by atoms with Crippen molar-refractivity contribution in [3.05, 3.63) is 77.9 Å². The van der Waals surface area contributed by atoms with Crippen LogP contribution in [0.25, 0.3) is 21.9 Å². The first-order valence-corrected chi connectivity index (χ1v) is 12.3. The van der Waals surface area contributed by atoms with Crippen molar-refractivity contribution in [1.29, 1.82) is 0 Å². The first-order valence-electron chi connectivity index (χ1n) is 10.8. The van der Waals surface area contributed by atoms with Crippen LogP contribution in [0.15, 0.2) is 76.0 Å². The number of hydrogen-bond acceptors (Lipinski definition) is 4. The Balaban J connectivity index is 0.00000245. The molecular weight excluding hydrogens is 444 g/mol. The zero-order valence-corrected chi connectivity index (χ0v) is 19.4. The van der Waals surface area contributed by atoms with Crippen LogP contribution in [0.1, 0.15) is 24.0 Å². The maximum atomic E-state index is 12.8. The van der Waals surface area contributed by atoms with Crippen LogP contribution in [0.2, 0.25) is 0 Å². The van der Waals surface area contributed by atoms with Gasteiger partial charge in [0.2, 0.25) is 10.0 Å². The fraction of sp³-hybridized carbons (Fsp3) is 0.280. The Morgan fingerprint density at radius 1 is 0.875 bits per heavy atom. The number of hydrogen-bond donors (Lipinski definition) is 1. The van der Waals surface area contributed by atoms with E-state index >= 15 is 0 Å². The molecule has 0 saturated heterocycles. The van der Waals surface area contributed by atoms with Gasteiger partial charge < -0.3 is 4.42 Å². The maximum Gasteiger partial charge on any atom is 0.240 e. The highest BCUT2D eigenvalue weighted by molar-refractivity contribution is 7.89. The van der Waals surface area contributed by atoms with E-state index in [9.17, 15) is 8.42 Å². The van der Waals surface area contributed by atoms with E-state index in [1.165, 1.54) is 11.1 Å². The van der Waals surface area contributed by atoms with Crippen molar-refractivity contribution in [2.45, 2.75) is 30.7 Å². The lowest BCUT2D eigenvalue weighted by atomic mass is 10.00. The van der Waals surface area contributed by atoms with Gasteiger partial charge in [0, 0.05) is 30.4 Å². The molecule has 5 nitrogen and oxygen atoms in total. The molecule has 0 spiro atoms. The number of unbranched alkanes of at least 4 members (excludes halogenated alkanes) is 1. The second kappa shape index (κ2) is 9.63. The third-order valence-electron chi connectivity index (χ3n) is 6.06. The molecule has 1 N–H and O–H groups in total. The minimum Gasteiger partial charge on any atom is -0.456 e. The Labute approximate surface area is 194 Å². The predicted molar refractivity (Wildman–Crippen MR) is 131 cm³/mol. The van der Waals surface area contributed by atoms with Crippen LogP contribution in [-0.2, 0) is 23.0 Å². The number of fused-ring (bicyclic) bond motifs is 4. The van der Waals surface area contributed by atoms with Crippen LogP contribution >= 0.6 is 12.4 Å². The van der Waals surface area contributed by atoms with E-state index in [1.54, 1.807) is 18.2 Å². The van der Waals surface area contributed by atoms with Crippen LogP contribution in [0, 0.1) is 0 Å². The van der Waals surface area contributed by atoms with Crippen molar-refractivity contribution in [2.24, 2.45) is 0 Å². The lowest BCUT2D eigenvalue weighted by molar-refractivity contribution is 0.249. The van der Waals surface area contributed by atoms with Crippen molar-refractivity contribution in [3.8, 4) is 0 Å². The summed E-state index contributed by atoms with van der Waals surface area (Å²) in [7, 11) is -3.55. The fourth-order valence-electron chi connectivity index (χ4n) is 4.37. The first kappa shape index (κ1) is 22.8. The number of nitrogens with zero attached hydrogens (tertiary/aromatic N) is 1. The Bertz CT molecular complexity index is 1330. The van der Waals surface area contributed by atoms with Crippen LogP contribution in [0.3, 0.4) is 0 Å². The van der Waals surface area contributed by atoms with Gasteiger partial charge in [-0.2, -0.15) is 0 Å². The molecule has 2 heterocycles. The van der Waals surface area contributed by atoms with Crippen LogP contribution in [-0.4, -0.2) is 33.0 Å². The quantitative estimate of drug-likeness (QED) is 0.380. The average molecular weight is 471 g/mol. The molecule has 1 aliphatic rings. The highest BCUT2D eigenvalue weighted by atomic mass is 35.5. The largest absolute Gasteiger partial charge is 0.456 e. The van der Waals surface area contributed by atoms with Gasteiger partial charge in [0.1, 0.15) is 11.2 Å². The Kier molecular flexibility index (Phi) is 6.86. The van der Waals surface area contributed by atoms with Crippen LogP contribution in [0.4, 0.5) is 0 Å². The van der Waals surface area contributed by atoms with Crippen molar-refractivity contribution in [1.82, 2.24) is 9.62 Å². The molecule has 7 heteroatoms. The minimum atomic E-state index is -3.55. The molecule has 0 saturated carbocycles. The molecule has 1 aromatic heterocycles. The molecule has 0 aliphatic carbocycles. The molecule has 5 rings (SSSR count). The summed E-state index contributed by atoms with van der Waals surface area (Å²) in [4.78, 5) is 2.73. The summed E-state index contributed by atoms with van der Waals surface area (Å²) in [5.74, 6) is 0. The average Bonchev–Trinajstić information content (AvgIpc) is 3.17. The van der Waals surface area contributed by atoms with Gasteiger partial charge in [-0.05, 0) is 61.2 Å². The molecule has 0 radical (unpaired) electrons. The van der Waals surface area contributed by atoms with Gasteiger partial charge in [0.25, 0.3) is 0 Å². The zero-order valence-electron chi connectivity index (χ0n) is 17.8. The molecule has 0 bridgehead atoms. The monoisotopic (exact) mass is 470 g/mol. The molecule has 0 amide bonds. The molecule has 1 aliphatic heterocycles. The number of nitrogens with one attached hydrogen (secondary N) is 1. The summed E-state index contributed by atoms with van der Waals surface area (Å²) in [6.45, 7) is 3.49. The smallest absolute Gasteiger partial charge is 0.240 e. The maximum absolute atomic E-state index is 12.8. The summed E-state index contributed by atoms with van der Waals surface area (Å²) in [5, 5.41) is 1.75. The summed E-state index contributed by atoms with van der Waals surface area (Å²) < 4.78 is 34.1. The van der Waals surface area contributed by atoms with E-state index in [1.807, 2.05) is 24.3 Å². The van der Waals surface area contributed by atoms with Gasteiger partial charge in [-0.15, -0.1) is 12.4 Å². The first-order chi connectivity index (χ1) is 15.1. The summed E-state index contributed by atoms with van der Waals surface area (Å²) in [6.07, 6.45) is 2.87. The third kappa shape index (κ3) is 4.69. The Morgan fingerprint density at radius 3 is 2.50 bits per heavy atom. The molecular formula is C25H27ClN2O3S. The van der Waals surface area contributed by atoms with E-state index < -0.39 is 10.0 Å². The Hall–Kier alpha value is -2.38. The number of rotatable bonds is 7. The molecule has 4 aromatic rings. The topological polar surface area (TPSA) is 62.6 Å². The minimum absolute atomic E-state index is 0. The van der Waals surface area contributed by atoms with Gasteiger partial charge in [-0.25, -0.2) is 13.1 Å². The SMILES string of the molecule is Cl.O=S(=O)(NCCCCN1CCc2ccccc2C1)c1ccc2oc3ccccc3c2c1. The number of benzene rings is 3. The van der Waals surface area contributed by atoms with Gasteiger partial charge >= 0.3 is 0 Å². The normalized spacial score (nSPS) is 14.4. The van der Waals surface area contributed by atoms with Crippen LogP contribution < -0.4 is 4.72 Å². The highest BCUT2D eigenvalue weighted by Gasteiger charge is 2.17. The Morgan fingerprint density at radius 2 is 1.62 bits per heavy atom. The lowest BCUT2D eigenvalue weighted by Crippen LogP contribution is -2.32. The summed E-state index contributed by atoms with van der Waals surface area (Å²) in [5.41, 5.74) is 4.33. The number of para-hydroxylation sites is 1. The van der Waals surface area contributed by atoms with E-state index in [0.717, 1.165) is 55.3 Å². The van der Waals surface area contributed by atoms with E-state index in [4.69, 9.17) is 4.42 Å². The van der Waals surface area contributed by atoms with Crippen molar-refractivity contribution < 1.29 is 12.8 Å². The van der Waals surface area contributed by atoms with Gasteiger partial charge in [-0.1, -0.05) is 42.5 Å². The standard InChI is InChI=1S/C25H26N2O3S.ClH/c28-31(29,21-11-12-25-23(17-21)22-9-3-4-10-24(22)30-25)26-14-5-6-15-27-16-13-19-7-1-2-8-20(19)18-27;/h1-4,7-12,17,26H,5-6,13-16,18H2;1H. The molecule has 3 aromatic carbocycles. The lowest BCUT2D eigenvalue weighted by Gasteiger charge is -2.28. The third-order valence-corrected chi connectivity index (χ3v) is 7.52.